The van der Waals surface area contributed by atoms with Gasteiger partial charge in [0.05, 0.1) is 19.3 Å². The van der Waals surface area contributed by atoms with E-state index >= 15 is 4.39 Å². The molecule has 0 aromatic heterocycles. The van der Waals surface area contributed by atoms with E-state index in [2.05, 4.69) is 5.32 Å². The van der Waals surface area contributed by atoms with Gasteiger partial charge < -0.3 is 10.1 Å². The van der Waals surface area contributed by atoms with Crippen molar-refractivity contribution in [1.82, 2.24) is 10.2 Å². The summed E-state index contributed by atoms with van der Waals surface area (Å²) in [5.74, 6) is -0.632. The van der Waals surface area contributed by atoms with Crippen molar-refractivity contribution in [1.29, 1.82) is 0 Å². The van der Waals surface area contributed by atoms with E-state index in [-0.39, 0.29) is 17.9 Å². The van der Waals surface area contributed by atoms with E-state index in [1.54, 1.807) is 19.1 Å². The standard InChI is InChI=1S/C26H29F5N2O/c1-17-14-21-19-7-3-2-6-18(19)15-22(21)25(33(17)16-26(29,30)31)20-8-4-9-23(24(20)28)34-13-12-32-11-5-10-27/h2-4,6-9,17,25,32H,5,10-16H2,1H3/t17-,25-/m1/s1. The average molecular weight is 481 g/mol. The maximum absolute atomic E-state index is 15.7. The van der Waals surface area contributed by atoms with E-state index in [0.29, 0.717) is 32.4 Å². The first-order valence-electron chi connectivity index (χ1n) is 11.6. The van der Waals surface area contributed by atoms with E-state index in [1.165, 1.54) is 11.0 Å². The Hall–Kier alpha value is -2.45. The zero-order valence-electron chi connectivity index (χ0n) is 19.1. The van der Waals surface area contributed by atoms with Crippen LogP contribution in [0.5, 0.6) is 5.75 Å². The molecule has 0 radical (unpaired) electrons. The van der Waals surface area contributed by atoms with Crippen molar-refractivity contribution in [3.63, 3.8) is 0 Å². The number of halogens is 5. The van der Waals surface area contributed by atoms with Crippen LogP contribution in [0.1, 0.15) is 42.5 Å². The Bertz CT molecular complexity index is 1040. The molecular weight excluding hydrogens is 451 g/mol. The average Bonchev–Trinajstić information content (AvgIpc) is 3.15. The molecule has 1 aliphatic carbocycles. The van der Waals surface area contributed by atoms with Crippen molar-refractivity contribution in [2.24, 2.45) is 0 Å². The molecule has 0 saturated carbocycles. The van der Waals surface area contributed by atoms with Gasteiger partial charge in [-0.3, -0.25) is 9.29 Å². The molecule has 1 N–H and O–H groups in total. The summed E-state index contributed by atoms with van der Waals surface area (Å²) in [6.07, 6.45) is -3.04. The second kappa shape index (κ2) is 10.4. The van der Waals surface area contributed by atoms with E-state index in [0.717, 1.165) is 22.3 Å². The maximum Gasteiger partial charge on any atom is 0.401 e. The second-order valence-electron chi connectivity index (χ2n) is 8.88. The van der Waals surface area contributed by atoms with Crippen LogP contribution in [0.3, 0.4) is 0 Å². The van der Waals surface area contributed by atoms with Gasteiger partial charge in [-0.05, 0) is 61.1 Å². The molecule has 34 heavy (non-hydrogen) atoms. The number of hydrogen-bond donors (Lipinski definition) is 1. The topological polar surface area (TPSA) is 24.5 Å². The first-order chi connectivity index (χ1) is 16.3. The predicted octanol–water partition coefficient (Wildman–Crippen LogP) is 5.86. The molecule has 8 heteroatoms. The lowest BCUT2D eigenvalue weighted by molar-refractivity contribution is -0.155. The molecule has 0 unspecified atom stereocenters. The van der Waals surface area contributed by atoms with Crippen molar-refractivity contribution in [3.05, 3.63) is 70.5 Å². The zero-order chi connectivity index (χ0) is 24.3. The number of rotatable bonds is 9. The van der Waals surface area contributed by atoms with E-state index < -0.39 is 37.3 Å². The molecule has 2 aromatic carbocycles. The second-order valence-corrected chi connectivity index (χ2v) is 8.88. The van der Waals surface area contributed by atoms with Gasteiger partial charge >= 0.3 is 6.18 Å². The quantitative estimate of drug-likeness (QED) is 0.359. The van der Waals surface area contributed by atoms with Crippen LogP contribution in [0.2, 0.25) is 0 Å². The highest BCUT2D eigenvalue weighted by atomic mass is 19.4. The summed E-state index contributed by atoms with van der Waals surface area (Å²) < 4.78 is 74.2. The molecule has 1 aliphatic heterocycles. The molecule has 0 fully saturated rings. The van der Waals surface area contributed by atoms with E-state index in [4.69, 9.17) is 4.74 Å². The van der Waals surface area contributed by atoms with Crippen molar-refractivity contribution < 1.29 is 26.7 Å². The Labute approximate surface area is 196 Å². The van der Waals surface area contributed by atoms with Crippen molar-refractivity contribution in [2.45, 2.75) is 44.4 Å². The van der Waals surface area contributed by atoms with Gasteiger partial charge in [0.1, 0.15) is 6.61 Å². The van der Waals surface area contributed by atoms with Gasteiger partial charge in [-0.1, -0.05) is 36.4 Å². The lowest BCUT2D eigenvalue weighted by Gasteiger charge is -2.42. The van der Waals surface area contributed by atoms with E-state index in [1.807, 2.05) is 24.3 Å². The minimum Gasteiger partial charge on any atom is -0.489 e. The molecule has 0 spiro atoms. The third kappa shape index (κ3) is 5.28. The molecule has 2 aliphatic rings. The molecule has 1 heterocycles. The normalized spacial score (nSPS) is 20.4. The largest absolute Gasteiger partial charge is 0.489 e. The third-order valence-electron chi connectivity index (χ3n) is 6.51. The van der Waals surface area contributed by atoms with Gasteiger partial charge in [0.25, 0.3) is 0 Å². The number of hydrogen-bond acceptors (Lipinski definition) is 3. The Morgan fingerprint density at radius 1 is 1.09 bits per heavy atom. The number of ether oxygens (including phenoxy) is 1. The minimum atomic E-state index is -4.41. The van der Waals surface area contributed by atoms with Crippen molar-refractivity contribution in [2.75, 3.05) is 32.9 Å². The zero-order valence-corrected chi connectivity index (χ0v) is 19.1. The van der Waals surface area contributed by atoms with Gasteiger partial charge in [-0.15, -0.1) is 0 Å². The molecule has 2 atom stereocenters. The summed E-state index contributed by atoms with van der Waals surface area (Å²) in [6, 6.07) is 11.2. The lowest BCUT2D eigenvalue weighted by atomic mass is 9.85. The van der Waals surface area contributed by atoms with Crippen molar-refractivity contribution >= 4 is 5.57 Å². The lowest BCUT2D eigenvalue weighted by Crippen LogP contribution is -2.46. The minimum absolute atomic E-state index is 0.00707. The molecule has 3 nitrogen and oxygen atoms in total. The Morgan fingerprint density at radius 2 is 1.88 bits per heavy atom. The van der Waals surface area contributed by atoms with Crippen LogP contribution in [-0.2, 0) is 6.42 Å². The van der Waals surface area contributed by atoms with Crippen LogP contribution in [0.15, 0.2) is 48.0 Å². The molecule has 0 bridgehead atoms. The molecular formula is C26H29F5N2O. The predicted molar refractivity (Wildman–Crippen MR) is 122 cm³/mol. The number of nitrogens with zero attached hydrogens (tertiary/aromatic N) is 1. The summed E-state index contributed by atoms with van der Waals surface area (Å²) in [6.45, 7) is 1.31. The van der Waals surface area contributed by atoms with E-state index in [9.17, 15) is 17.6 Å². The van der Waals surface area contributed by atoms with Crippen LogP contribution in [0.25, 0.3) is 5.57 Å². The SMILES string of the molecule is C[C@@H]1CC2=C(Cc3ccccc32)[C@@H](c2cccc(OCCNCCCF)c2F)N1CC(F)(F)F. The number of nitrogens with one attached hydrogen (secondary N) is 1. The van der Waals surface area contributed by atoms with Gasteiger partial charge in [-0.25, -0.2) is 4.39 Å². The number of benzene rings is 2. The fourth-order valence-electron chi connectivity index (χ4n) is 5.04. The van der Waals surface area contributed by atoms with Gasteiger partial charge in [0, 0.05) is 18.2 Å². The fourth-order valence-corrected chi connectivity index (χ4v) is 5.04. The Balaban J connectivity index is 1.66. The van der Waals surface area contributed by atoms with Crippen LogP contribution >= 0.6 is 0 Å². The van der Waals surface area contributed by atoms with Crippen molar-refractivity contribution in [3.8, 4) is 5.75 Å². The molecule has 184 valence electrons. The fraction of sp³-hybridized carbons (Fsp3) is 0.462. The highest BCUT2D eigenvalue weighted by Crippen LogP contribution is 2.50. The molecule has 0 saturated heterocycles. The molecule has 0 amide bonds. The van der Waals surface area contributed by atoms with Crippen LogP contribution in [0, 0.1) is 5.82 Å². The Morgan fingerprint density at radius 3 is 2.65 bits per heavy atom. The Kier molecular flexibility index (Phi) is 7.57. The highest BCUT2D eigenvalue weighted by Gasteiger charge is 2.44. The first-order valence-corrected chi connectivity index (χ1v) is 11.6. The third-order valence-corrected chi connectivity index (χ3v) is 6.51. The molecule has 4 rings (SSSR count). The van der Waals surface area contributed by atoms with Crippen LogP contribution < -0.4 is 10.1 Å². The highest BCUT2D eigenvalue weighted by molar-refractivity contribution is 5.79. The van der Waals surface area contributed by atoms with Gasteiger partial charge in [-0.2, -0.15) is 13.2 Å². The summed E-state index contributed by atoms with van der Waals surface area (Å²) in [5, 5.41) is 3.00. The maximum atomic E-state index is 15.7. The number of fused-ring (bicyclic) bond motifs is 2. The first kappa shape index (κ1) is 24.7. The van der Waals surface area contributed by atoms with Gasteiger partial charge in [0.2, 0.25) is 0 Å². The smallest absolute Gasteiger partial charge is 0.401 e. The summed E-state index contributed by atoms with van der Waals surface area (Å²) in [7, 11) is 0. The van der Waals surface area contributed by atoms with Gasteiger partial charge in [0.15, 0.2) is 11.6 Å². The summed E-state index contributed by atoms with van der Waals surface area (Å²) >= 11 is 0. The monoisotopic (exact) mass is 480 g/mol. The van der Waals surface area contributed by atoms with Crippen LogP contribution in [-0.4, -0.2) is 50.0 Å². The summed E-state index contributed by atoms with van der Waals surface area (Å²) in [4.78, 5) is 1.37. The number of alkyl halides is 4. The molecule has 2 aromatic rings. The summed E-state index contributed by atoms with van der Waals surface area (Å²) in [5.41, 5.74) is 4.15. The van der Waals surface area contributed by atoms with Crippen LogP contribution in [0.4, 0.5) is 22.0 Å².